The largest absolute Gasteiger partial charge is 0.396 e. The van der Waals surface area contributed by atoms with Crippen LogP contribution in [0, 0.1) is 6.92 Å². The molecule has 1 N–H and O–H groups in total. The quantitative estimate of drug-likeness (QED) is 0.777. The van der Waals surface area contributed by atoms with Crippen LogP contribution in [0.3, 0.4) is 0 Å². The average Bonchev–Trinajstić information content (AvgIpc) is 3.00. The minimum Gasteiger partial charge on any atom is -0.396 e. The van der Waals surface area contributed by atoms with Gasteiger partial charge in [-0.25, -0.2) is 0 Å². The lowest BCUT2D eigenvalue weighted by molar-refractivity contribution is 0.272. The van der Waals surface area contributed by atoms with Gasteiger partial charge in [-0.3, -0.25) is 0 Å². The molecule has 14 heavy (non-hydrogen) atoms. The van der Waals surface area contributed by atoms with Gasteiger partial charge in [-0.2, -0.15) is 0 Å². The average molecular weight is 190 g/mol. The van der Waals surface area contributed by atoms with Crippen LogP contribution in [0.15, 0.2) is 18.2 Å². The molecule has 1 aliphatic rings. The second-order valence-corrected chi connectivity index (χ2v) is 4.44. The summed E-state index contributed by atoms with van der Waals surface area (Å²) in [6.07, 6.45) is 2.66. The Bertz CT molecular complexity index is 326. The first kappa shape index (κ1) is 9.72. The zero-order valence-electron chi connectivity index (χ0n) is 8.96. The Kier molecular flexibility index (Phi) is 2.60. The zero-order valence-corrected chi connectivity index (χ0v) is 8.96. The molecule has 0 amide bonds. The topological polar surface area (TPSA) is 20.2 Å². The number of hydrogen-bond acceptors (Lipinski definition) is 1. The molecule has 76 valence electrons. The van der Waals surface area contributed by atoms with Crippen molar-refractivity contribution in [1.82, 2.24) is 0 Å². The molecule has 1 heteroatoms. The fourth-order valence-electron chi connectivity index (χ4n) is 2.16. The van der Waals surface area contributed by atoms with E-state index in [4.69, 9.17) is 0 Å². The summed E-state index contributed by atoms with van der Waals surface area (Å²) in [6.45, 7) is 4.53. The second kappa shape index (κ2) is 3.74. The molecule has 0 bridgehead atoms. The summed E-state index contributed by atoms with van der Waals surface area (Å²) in [7, 11) is 0. The lowest BCUT2D eigenvalue weighted by Crippen LogP contribution is -2.04. The van der Waals surface area contributed by atoms with Crippen molar-refractivity contribution >= 4 is 0 Å². The third-order valence-electron chi connectivity index (χ3n) is 3.15. The Hall–Kier alpha value is -0.820. The highest BCUT2D eigenvalue weighted by Gasteiger charge is 2.28. The van der Waals surface area contributed by atoms with E-state index < -0.39 is 0 Å². The maximum Gasteiger partial charge on any atom is 0.0497 e. The molecule has 1 aromatic carbocycles. The number of benzene rings is 1. The smallest absolute Gasteiger partial charge is 0.0497 e. The van der Waals surface area contributed by atoms with E-state index in [1.165, 1.54) is 29.5 Å². The Morgan fingerprint density at radius 3 is 2.71 bits per heavy atom. The molecule has 1 fully saturated rings. The molecule has 0 spiro atoms. The number of aliphatic hydroxyl groups is 1. The van der Waals surface area contributed by atoms with Gasteiger partial charge in [0.1, 0.15) is 0 Å². The minimum atomic E-state index is 0.253. The monoisotopic (exact) mass is 190 g/mol. The first-order valence-electron chi connectivity index (χ1n) is 5.44. The highest BCUT2D eigenvalue weighted by Crippen LogP contribution is 2.44. The van der Waals surface area contributed by atoms with Crippen molar-refractivity contribution in [2.75, 3.05) is 6.61 Å². The van der Waals surface area contributed by atoms with Gasteiger partial charge in [0.25, 0.3) is 0 Å². The van der Waals surface area contributed by atoms with E-state index in [2.05, 4.69) is 32.0 Å². The van der Waals surface area contributed by atoms with Crippen LogP contribution in [0.4, 0.5) is 0 Å². The van der Waals surface area contributed by atoms with Crippen LogP contribution >= 0.6 is 0 Å². The van der Waals surface area contributed by atoms with Gasteiger partial charge >= 0.3 is 0 Å². The lowest BCUT2D eigenvalue weighted by Gasteiger charge is -2.16. The van der Waals surface area contributed by atoms with Gasteiger partial charge < -0.3 is 5.11 Å². The summed E-state index contributed by atoms with van der Waals surface area (Å²) in [6, 6.07) is 6.45. The number of hydrogen-bond donors (Lipinski definition) is 1. The van der Waals surface area contributed by atoms with Gasteiger partial charge in [0.15, 0.2) is 0 Å². The Morgan fingerprint density at radius 2 is 2.14 bits per heavy atom. The molecule has 0 aromatic heterocycles. The normalized spacial score (nSPS) is 18.2. The number of aryl methyl sites for hydroxylation is 1. The molecule has 0 heterocycles. The predicted octanol–water partition coefficient (Wildman–Crippen LogP) is 2.97. The van der Waals surface area contributed by atoms with Crippen LogP contribution in [-0.4, -0.2) is 11.7 Å². The molecule has 1 nitrogen and oxygen atoms in total. The fraction of sp³-hybridized carbons (Fsp3) is 0.538. The Morgan fingerprint density at radius 1 is 1.43 bits per heavy atom. The van der Waals surface area contributed by atoms with Crippen molar-refractivity contribution in [2.45, 2.75) is 38.5 Å². The van der Waals surface area contributed by atoms with Crippen molar-refractivity contribution in [2.24, 2.45) is 0 Å². The van der Waals surface area contributed by atoms with Gasteiger partial charge in [-0.05, 0) is 42.4 Å². The predicted molar refractivity (Wildman–Crippen MR) is 58.7 cm³/mol. The van der Waals surface area contributed by atoms with E-state index in [0.29, 0.717) is 0 Å². The second-order valence-electron chi connectivity index (χ2n) is 4.44. The van der Waals surface area contributed by atoms with Crippen LogP contribution in [0.5, 0.6) is 0 Å². The maximum atomic E-state index is 9.21. The molecule has 1 aromatic rings. The third kappa shape index (κ3) is 1.69. The Balaban J connectivity index is 2.41. The fourth-order valence-corrected chi connectivity index (χ4v) is 2.16. The lowest BCUT2D eigenvalue weighted by atomic mass is 9.90. The molecular formula is C13H18O. The summed E-state index contributed by atoms with van der Waals surface area (Å²) in [5.74, 6) is 1.06. The minimum absolute atomic E-state index is 0.253. The van der Waals surface area contributed by atoms with Crippen LogP contribution in [0.2, 0.25) is 0 Å². The van der Waals surface area contributed by atoms with E-state index in [9.17, 15) is 5.11 Å². The highest BCUT2D eigenvalue weighted by molar-refractivity contribution is 5.41. The third-order valence-corrected chi connectivity index (χ3v) is 3.15. The van der Waals surface area contributed by atoms with Crippen molar-refractivity contribution in [3.8, 4) is 0 Å². The molecule has 1 unspecified atom stereocenters. The van der Waals surface area contributed by atoms with Crippen LogP contribution in [0.1, 0.15) is 48.3 Å². The molecule has 1 atom stereocenters. The molecule has 1 saturated carbocycles. The van der Waals surface area contributed by atoms with Gasteiger partial charge in [0.05, 0.1) is 0 Å². The van der Waals surface area contributed by atoms with E-state index in [1.54, 1.807) is 0 Å². The van der Waals surface area contributed by atoms with E-state index in [0.717, 1.165) is 5.92 Å². The molecule has 0 radical (unpaired) electrons. The van der Waals surface area contributed by atoms with E-state index in [-0.39, 0.29) is 12.5 Å². The van der Waals surface area contributed by atoms with E-state index in [1.807, 2.05) is 0 Å². The van der Waals surface area contributed by atoms with Gasteiger partial charge in [-0.15, -0.1) is 0 Å². The standard InChI is InChI=1S/C13H18O/c1-9-4-3-5-12(10(2)8-14)13(9)11-6-7-11/h3-5,10-11,14H,6-8H2,1-2H3. The van der Waals surface area contributed by atoms with Crippen LogP contribution in [-0.2, 0) is 0 Å². The molecular weight excluding hydrogens is 172 g/mol. The SMILES string of the molecule is Cc1cccc(C(C)CO)c1C1CC1. The van der Waals surface area contributed by atoms with Crippen molar-refractivity contribution in [3.63, 3.8) is 0 Å². The maximum absolute atomic E-state index is 9.21. The summed E-state index contributed by atoms with van der Waals surface area (Å²) in [4.78, 5) is 0. The summed E-state index contributed by atoms with van der Waals surface area (Å²) < 4.78 is 0. The van der Waals surface area contributed by atoms with Gasteiger partial charge in [-0.1, -0.05) is 25.1 Å². The summed E-state index contributed by atoms with van der Waals surface area (Å²) >= 11 is 0. The number of rotatable bonds is 3. The van der Waals surface area contributed by atoms with Crippen LogP contribution < -0.4 is 0 Å². The molecule has 0 saturated heterocycles. The van der Waals surface area contributed by atoms with Crippen molar-refractivity contribution in [3.05, 3.63) is 34.9 Å². The highest BCUT2D eigenvalue weighted by atomic mass is 16.3. The zero-order chi connectivity index (χ0) is 10.1. The molecule has 1 aliphatic carbocycles. The molecule has 0 aliphatic heterocycles. The first-order valence-corrected chi connectivity index (χ1v) is 5.44. The number of aliphatic hydroxyl groups excluding tert-OH is 1. The Labute approximate surface area is 85.8 Å². The van der Waals surface area contributed by atoms with Crippen LogP contribution in [0.25, 0.3) is 0 Å². The molecule has 2 rings (SSSR count). The van der Waals surface area contributed by atoms with Crippen molar-refractivity contribution < 1.29 is 5.11 Å². The summed E-state index contributed by atoms with van der Waals surface area (Å²) in [5, 5.41) is 9.21. The van der Waals surface area contributed by atoms with Gasteiger partial charge in [0, 0.05) is 12.5 Å². The van der Waals surface area contributed by atoms with Gasteiger partial charge in [0.2, 0.25) is 0 Å². The summed E-state index contributed by atoms with van der Waals surface area (Å²) in [5.41, 5.74) is 4.26. The van der Waals surface area contributed by atoms with Crippen molar-refractivity contribution in [1.29, 1.82) is 0 Å². The van der Waals surface area contributed by atoms with E-state index >= 15 is 0 Å². The first-order chi connectivity index (χ1) is 6.74.